The molecule has 0 spiro atoms. The third kappa shape index (κ3) is 3.18. The molecule has 0 bridgehead atoms. The molecule has 0 aliphatic heterocycles. The van der Waals surface area contributed by atoms with E-state index in [0.29, 0.717) is 5.25 Å². The number of pyridine rings is 1. The Labute approximate surface area is 90.6 Å². The zero-order chi connectivity index (χ0) is 10.4. The molecule has 0 N–H and O–H groups in total. The maximum absolute atomic E-state index is 4.42. The Morgan fingerprint density at radius 2 is 2.36 bits per heavy atom. The number of rotatable bonds is 5. The summed E-state index contributed by atoms with van der Waals surface area (Å²) in [5.41, 5.74) is 2.46. The first kappa shape index (κ1) is 11.3. The van der Waals surface area contributed by atoms with Crippen LogP contribution < -0.4 is 0 Å². The fourth-order valence-electron chi connectivity index (χ4n) is 1.21. The second kappa shape index (κ2) is 5.86. The van der Waals surface area contributed by atoms with Gasteiger partial charge in [-0.25, -0.2) is 0 Å². The molecule has 0 aliphatic rings. The fraction of sp³-hybridized carbons (Fsp3) is 0.417. The predicted molar refractivity (Wildman–Crippen MR) is 64.7 cm³/mol. The SMILES string of the molecule is C=CCCc1ccc(C(C)SC)cn1. The van der Waals surface area contributed by atoms with Crippen molar-refractivity contribution in [1.82, 2.24) is 4.98 Å². The van der Waals surface area contributed by atoms with E-state index in [-0.39, 0.29) is 0 Å². The van der Waals surface area contributed by atoms with Crippen LogP contribution in [0.1, 0.15) is 29.9 Å². The smallest absolute Gasteiger partial charge is 0.0406 e. The minimum Gasteiger partial charge on any atom is -0.261 e. The average Bonchev–Trinajstić information content (AvgIpc) is 2.26. The summed E-state index contributed by atoms with van der Waals surface area (Å²) in [5.74, 6) is 0. The highest BCUT2D eigenvalue weighted by Gasteiger charge is 2.03. The van der Waals surface area contributed by atoms with Gasteiger partial charge in [-0.15, -0.1) is 6.58 Å². The second-order valence-corrected chi connectivity index (χ2v) is 4.47. The third-order valence-electron chi connectivity index (χ3n) is 2.28. The van der Waals surface area contributed by atoms with Crippen molar-refractivity contribution in [2.75, 3.05) is 6.26 Å². The van der Waals surface area contributed by atoms with Gasteiger partial charge in [-0.1, -0.05) is 12.1 Å². The minimum absolute atomic E-state index is 0.538. The molecule has 0 saturated carbocycles. The van der Waals surface area contributed by atoms with Gasteiger partial charge in [-0.2, -0.15) is 11.8 Å². The fourth-order valence-corrected chi connectivity index (χ4v) is 1.62. The van der Waals surface area contributed by atoms with Crippen molar-refractivity contribution in [3.8, 4) is 0 Å². The molecule has 0 fully saturated rings. The molecule has 0 aromatic carbocycles. The van der Waals surface area contributed by atoms with E-state index in [2.05, 4.69) is 36.9 Å². The molecule has 0 radical (unpaired) electrons. The minimum atomic E-state index is 0.538. The Balaban J connectivity index is 2.63. The summed E-state index contributed by atoms with van der Waals surface area (Å²) < 4.78 is 0. The van der Waals surface area contributed by atoms with Crippen LogP contribution in [0.25, 0.3) is 0 Å². The lowest BCUT2D eigenvalue weighted by molar-refractivity contribution is 0.932. The topological polar surface area (TPSA) is 12.9 Å². The van der Waals surface area contributed by atoms with E-state index in [0.717, 1.165) is 18.5 Å². The third-order valence-corrected chi connectivity index (χ3v) is 3.25. The van der Waals surface area contributed by atoms with Gasteiger partial charge in [-0.05, 0) is 37.7 Å². The van der Waals surface area contributed by atoms with E-state index < -0.39 is 0 Å². The lowest BCUT2D eigenvalue weighted by Gasteiger charge is -2.08. The van der Waals surface area contributed by atoms with Gasteiger partial charge in [0.2, 0.25) is 0 Å². The van der Waals surface area contributed by atoms with E-state index in [1.54, 1.807) is 0 Å². The molecule has 1 nitrogen and oxygen atoms in total. The van der Waals surface area contributed by atoms with Crippen molar-refractivity contribution >= 4 is 11.8 Å². The van der Waals surface area contributed by atoms with Crippen LogP contribution >= 0.6 is 11.8 Å². The highest BCUT2D eigenvalue weighted by atomic mass is 32.2. The zero-order valence-electron chi connectivity index (χ0n) is 8.86. The molecule has 76 valence electrons. The van der Waals surface area contributed by atoms with Gasteiger partial charge in [0.15, 0.2) is 0 Å². The molecule has 0 saturated heterocycles. The first-order valence-electron chi connectivity index (χ1n) is 4.86. The molecule has 1 rings (SSSR count). The number of nitrogens with zero attached hydrogens (tertiary/aromatic N) is 1. The van der Waals surface area contributed by atoms with Crippen molar-refractivity contribution in [2.45, 2.75) is 25.0 Å². The molecule has 2 heteroatoms. The number of thioether (sulfide) groups is 1. The van der Waals surface area contributed by atoms with Gasteiger partial charge < -0.3 is 0 Å². The number of hydrogen-bond acceptors (Lipinski definition) is 2. The van der Waals surface area contributed by atoms with E-state index >= 15 is 0 Å². The van der Waals surface area contributed by atoms with E-state index in [9.17, 15) is 0 Å². The van der Waals surface area contributed by atoms with Crippen molar-refractivity contribution in [3.05, 3.63) is 42.2 Å². The Bertz CT molecular complexity index is 279. The predicted octanol–water partition coefficient (Wildman–Crippen LogP) is 3.62. The van der Waals surface area contributed by atoms with Gasteiger partial charge in [0.1, 0.15) is 0 Å². The molecule has 1 heterocycles. The van der Waals surface area contributed by atoms with Crippen molar-refractivity contribution in [1.29, 1.82) is 0 Å². The summed E-state index contributed by atoms with van der Waals surface area (Å²) in [7, 11) is 0. The van der Waals surface area contributed by atoms with Gasteiger partial charge in [0.05, 0.1) is 0 Å². The molecule has 0 amide bonds. The Hall–Kier alpha value is -0.760. The lowest BCUT2D eigenvalue weighted by Crippen LogP contribution is -1.93. The van der Waals surface area contributed by atoms with Crippen LogP contribution in [0.15, 0.2) is 31.0 Å². The monoisotopic (exact) mass is 207 g/mol. The summed E-state index contributed by atoms with van der Waals surface area (Å²) in [6.07, 6.45) is 8.04. The van der Waals surface area contributed by atoms with E-state index in [1.807, 2.05) is 24.0 Å². The van der Waals surface area contributed by atoms with Crippen LogP contribution in [0.4, 0.5) is 0 Å². The van der Waals surface area contributed by atoms with Crippen molar-refractivity contribution < 1.29 is 0 Å². The summed E-state index contributed by atoms with van der Waals surface area (Å²) in [6.45, 7) is 5.90. The standard InChI is InChI=1S/C12H17NS/c1-4-5-6-12-8-7-11(9-13-12)10(2)14-3/h4,7-10H,1,5-6H2,2-3H3. The second-order valence-electron chi connectivity index (χ2n) is 3.29. The lowest BCUT2D eigenvalue weighted by atomic mass is 10.1. The van der Waals surface area contributed by atoms with Crippen molar-refractivity contribution in [3.63, 3.8) is 0 Å². The van der Waals surface area contributed by atoms with Gasteiger partial charge in [0.25, 0.3) is 0 Å². The number of aryl methyl sites for hydroxylation is 1. The summed E-state index contributed by atoms with van der Waals surface area (Å²) >= 11 is 1.85. The van der Waals surface area contributed by atoms with Crippen LogP contribution in [0.3, 0.4) is 0 Å². The van der Waals surface area contributed by atoms with E-state index in [1.165, 1.54) is 5.56 Å². The molecule has 1 atom stereocenters. The Morgan fingerprint density at radius 3 is 2.86 bits per heavy atom. The van der Waals surface area contributed by atoms with E-state index in [4.69, 9.17) is 0 Å². The van der Waals surface area contributed by atoms with Crippen LogP contribution in [-0.2, 0) is 6.42 Å². The maximum Gasteiger partial charge on any atom is 0.0406 e. The molecular formula is C12H17NS. The Kier molecular flexibility index (Phi) is 4.74. The Morgan fingerprint density at radius 1 is 1.57 bits per heavy atom. The zero-order valence-corrected chi connectivity index (χ0v) is 9.68. The van der Waals surface area contributed by atoms with Crippen LogP contribution in [0.5, 0.6) is 0 Å². The molecule has 1 unspecified atom stereocenters. The van der Waals surface area contributed by atoms with Gasteiger partial charge in [-0.3, -0.25) is 4.98 Å². The summed E-state index contributed by atoms with van der Waals surface area (Å²) in [6, 6.07) is 4.29. The highest BCUT2D eigenvalue weighted by molar-refractivity contribution is 7.98. The molecule has 14 heavy (non-hydrogen) atoms. The first-order chi connectivity index (χ1) is 6.77. The van der Waals surface area contributed by atoms with Crippen LogP contribution in [0.2, 0.25) is 0 Å². The van der Waals surface area contributed by atoms with Crippen LogP contribution in [-0.4, -0.2) is 11.2 Å². The number of aromatic nitrogens is 1. The maximum atomic E-state index is 4.42. The average molecular weight is 207 g/mol. The van der Waals surface area contributed by atoms with Crippen molar-refractivity contribution in [2.24, 2.45) is 0 Å². The molecule has 0 aliphatic carbocycles. The van der Waals surface area contributed by atoms with Gasteiger partial charge in [0, 0.05) is 17.1 Å². The molecule has 1 aromatic rings. The molecular weight excluding hydrogens is 190 g/mol. The number of allylic oxidation sites excluding steroid dienone is 1. The molecule has 1 aromatic heterocycles. The quantitative estimate of drug-likeness (QED) is 0.684. The highest BCUT2D eigenvalue weighted by Crippen LogP contribution is 2.24. The largest absolute Gasteiger partial charge is 0.261 e. The summed E-state index contributed by atoms with van der Waals surface area (Å²) in [5, 5.41) is 0.538. The van der Waals surface area contributed by atoms with Gasteiger partial charge >= 0.3 is 0 Å². The normalized spacial score (nSPS) is 12.4. The first-order valence-corrected chi connectivity index (χ1v) is 6.15. The summed E-state index contributed by atoms with van der Waals surface area (Å²) in [4.78, 5) is 4.42. The number of hydrogen-bond donors (Lipinski definition) is 0. The van der Waals surface area contributed by atoms with Crippen LogP contribution in [0, 0.1) is 0 Å².